The Morgan fingerprint density at radius 3 is 2.60 bits per heavy atom. The Kier molecular flexibility index (Phi) is 7.54. The Bertz CT molecular complexity index is 806. The van der Waals surface area contributed by atoms with Crippen LogP contribution in [0.2, 0.25) is 0 Å². The lowest BCUT2D eigenvalue weighted by Crippen LogP contribution is -2.40. The van der Waals surface area contributed by atoms with Gasteiger partial charge in [-0.25, -0.2) is 0 Å². The van der Waals surface area contributed by atoms with Gasteiger partial charge in [-0.3, -0.25) is 5.43 Å². The SMILES string of the molecule is S=C(N/N=C\C1=C(N2CCOCC2)C(=C/c2ccccc2)/CC1)NC1CCCCC1. The van der Waals surface area contributed by atoms with E-state index < -0.39 is 0 Å². The van der Waals surface area contributed by atoms with E-state index in [1.165, 1.54) is 54.5 Å². The van der Waals surface area contributed by atoms with Gasteiger partial charge in [0, 0.05) is 24.8 Å². The van der Waals surface area contributed by atoms with Crippen LogP contribution in [0.1, 0.15) is 50.5 Å². The summed E-state index contributed by atoms with van der Waals surface area (Å²) in [5, 5.41) is 8.53. The maximum absolute atomic E-state index is 5.58. The van der Waals surface area contributed by atoms with Crippen molar-refractivity contribution < 1.29 is 4.74 Å². The molecule has 2 aliphatic carbocycles. The second kappa shape index (κ2) is 10.7. The summed E-state index contributed by atoms with van der Waals surface area (Å²) in [5.41, 5.74) is 8.25. The molecule has 0 spiro atoms. The third-order valence-corrected chi connectivity index (χ3v) is 6.28. The number of hydrazone groups is 1. The number of nitrogens with zero attached hydrogens (tertiary/aromatic N) is 2. The average Bonchev–Trinajstić information content (AvgIpc) is 3.18. The lowest BCUT2D eigenvalue weighted by molar-refractivity contribution is 0.0548. The fourth-order valence-corrected chi connectivity index (χ4v) is 4.77. The largest absolute Gasteiger partial charge is 0.378 e. The van der Waals surface area contributed by atoms with Gasteiger partial charge in [0.25, 0.3) is 0 Å². The van der Waals surface area contributed by atoms with Crippen molar-refractivity contribution in [2.45, 2.75) is 51.0 Å². The highest BCUT2D eigenvalue weighted by Gasteiger charge is 2.25. The number of thiocarbonyl (C=S) groups is 1. The Morgan fingerprint density at radius 2 is 1.83 bits per heavy atom. The van der Waals surface area contributed by atoms with E-state index in [2.05, 4.69) is 57.2 Å². The van der Waals surface area contributed by atoms with Crippen LogP contribution in [-0.2, 0) is 4.74 Å². The zero-order valence-corrected chi connectivity index (χ0v) is 18.4. The molecular formula is C24H32N4OS. The molecule has 2 fully saturated rings. The van der Waals surface area contributed by atoms with Crippen molar-refractivity contribution in [3.05, 3.63) is 52.7 Å². The summed E-state index contributed by atoms with van der Waals surface area (Å²) in [5.74, 6) is 0. The predicted octanol–water partition coefficient (Wildman–Crippen LogP) is 4.23. The van der Waals surface area contributed by atoms with Crippen molar-refractivity contribution in [2.75, 3.05) is 26.3 Å². The van der Waals surface area contributed by atoms with E-state index in [4.69, 9.17) is 17.0 Å². The van der Waals surface area contributed by atoms with Gasteiger partial charge in [0.2, 0.25) is 0 Å². The zero-order chi connectivity index (χ0) is 20.6. The quantitative estimate of drug-likeness (QED) is 0.421. The molecule has 1 aromatic carbocycles. The molecule has 160 valence electrons. The van der Waals surface area contributed by atoms with E-state index in [1.54, 1.807) is 0 Å². The summed E-state index contributed by atoms with van der Waals surface area (Å²) in [6, 6.07) is 11.0. The van der Waals surface area contributed by atoms with Crippen LogP contribution in [0.15, 0.2) is 52.3 Å². The molecule has 4 rings (SSSR count). The van der Waals surface area contributed by atoms with Crippen molar-refractivity contribution in [3.63, 3.8) is 0 Å². The van der Waals surface area contributed by atoms with Gasteiger partial charge in [-0.2, -0.15) is 5.10 Å². The van der Waals surface area contributed by atoms with Crippen molar-refractivity contribution in [3.8, 4) is 0 Å². The molecule has 1 saturated carbocycles. The molecule has 6 heteroatoms. The molecule has 1 heterocycles. The van der Waals surface area contributed by atoms with Crippen LogP contribution >= 0.6 is 12.2 Å². The Morgan fingerprint density at radius 1 is 1.07 bits per heavy atom. The average molecular weight is 425 g/mol. The van der Waals surface area contributed by atoms with Gasteiger partial charge in [0.1, 0.15) is 0 Å². The molecule has 3 aliphatic rings. The number of hydrogen-bond acceptors (Lipinski definition) is 4. The Balaban J connectivity index is 1.46. The van der Waals surface area contributed by atoms with Crippen LogP contribution in [-0.4, -0.2) is 48.6 Å². The van der Waals surface area contributed by atoms with Gasteiger partial charge in [0.15, 0.2) is 5.11 Å². The fraction of sp³-hybridized carbons (Fsp3) is 0.500. The molecule has 0 atom stereocenters. The molecule has 0 unspecified atom stereocenters. The van der Waals surface area contributed by atoms with Crippen molar-refractivity contribution in [1.29, 1.82) is 0 Å². The van der Waals surface area contributed by atoms with Gasteiger partial charge in [0.05, 0.1) is 19.4 Å². The number of ether oxygens (including phenoxy) is 1. The molecular weight excluding hydrogens is 392 g/mol. The highest BCUT2D eigenvalue weighted by molar-refractivity contribution is 7.80. The first-order valence-corrected chi connectivity index (χ1v) is 11.6. The standard InChI is InChI=1S/C24H32N4OS/c30-24(26-22-9-5-2-6-10-22)27-25-18-21-12-11-20(17-19-7-3-1-4-8-19)23(21)28-13-15-29-16-14-28/h1,3-4,7-8,17-18,22H,2,5-6,9-16H2,(H2,26,27,30)/b20-17+,25-18-. The van der Waals surface area contributed by atoms with Crippen LogP contribution < -0.4 is 10.7 Å². The zero-order valence-electron chi connectivity index (χ0n) is 17.6. The fourth-order valence-electron chi connectivity index (χ4n) is 4.56. The second-order valence-electron chi connectivity index (χ2n) is 8.23. The van der Waals surface area contributed by atoms with E-state index in [0.29, 0.717) is 11.2 Å². The lowest BCUT2D eigenvalue weighted by Gasteiger charge is -2.31. The first-order valence-electron chi connectivity index (χ1n) is 11.2. The van der Waals surface area contributed by atoms with E-state index in [-0.39, 0.29) is 0 Å². The molecule has 0 radical (unpaired) electrons. The molecule has 1 aromatic rings. The normalized spacial score (nSPS) is 22.1. The summed E-state index contributed by atoms with van der Waals surface area (Å²) in [6.07, 6.45) is 12.6. The maximum Gasteiger partial charge on any atom is 0.187 e. The molecule has 5 nitrogen and oxygen atoms in total. The van der Waals surface area contributed by atoms with Gasteiger partial charge in [-0.15, -0.1) is 0 Å². The lowest BCUT2D eigenvalue weighted by atomic mass is 9.96. The van der Waals surface area contributed by atoms with E-state index in [9.17, 15) is 0 Å². The minimum absolute atomic E-state index is 0.490. The highest BCUT2D eigenvalue weighted by atomic mass is 32.1. The Hall–Kier alpha value is -2.18. The smallest absolute Gasteiger partial charge is 0.187 e. The number of benzene rings is 1. The molecule has 0 aromatic heterocycles. The van der Waals surface area contributed by atoms with Gasteiger partial charge >= 0.3 is 0 Å². The van der Waals surface area contributed by atoms with Crippen LogP contribution in [0.5, 0.6) is 0 Å². The van der Waals surface area contributed by atoms with Gasteiger partial charge in [-0.05, 0) is 60.7 Å². The van der Waals surface area contributed by atoms with Crippen molar-refractivity contribution in [1.82, 2.24) is 15.6 Å². The molecule has 30 heavy (non-hydrogen) atoms. The Labute approximate surface area is 185 Å². The first kappa shape index (κ1) is 21.1. The van der Waals surface area contributed by atoms with Crippen LogP contribution in [0, 0.1) is 0 Å². The van der Waals surface area contributed by atoms with Crippen LogP contribution in [0.3, 0.4) is 0 Å². The summed E-state index contributed by atoms with van der Waals surface area (Å²) in [6.45, 7) is 3.40. The number of hydrogen-bond donors (Lipinski definition) is 2. The van der Waals surface area contributed by atoms with Crippen LogP contribution in [0.4, 0.5) is 0 Å². The van der Waals surface area contributed by atoms with Crippen molar-refractivity contribution >= 4 is 29.6 Å². The minimum atomic E-state index is 0.490. The predicted molar refractivity (Wildman–Crippen MR) is 127 cm³/mol. The number of morpholine rings is 1. The summed E-state index contributed by atoms with van der Waals surface area (Å²) in [4.78, 5) is 2.45. The summed E-state index contributed by atoms with van der Waals surface area (Å²) in [7, 11) is 0. The second-order valence-corrected chi connectivity index (χ2v) is 8.64. The number of nitrogens with one attached hydrogen (secondary N) is 2. The maximum atomic E-state index is 5.58. The number of allylic oxidation sites excluding steroid dienone is 2. The first-order chi connectivity index (χ1) is 14.8. The van der Waals surface area contributed by atoms with E-state index in [0.717, 1.165) is 39.1 Å². The van der Waals surface area contributed by atoms with E-state index in [1.807, 2.05) is 6.21 Å². The third-order valence-electron chi connectivity index (χ3n) is 6.07. The molecule has 1 aliphatic heterocycles. The van der Waals surface area contributed by atoms with Gasteiger partial charge < -0.3 is 15.0 Å². The third kappa shape index (κ3) is 5.70. The summed E-state index contributed by atoms with van der Waals surface area (Å²) >= 11 is 5.45. The molecule has 0 amide bonds. The topological polar surface area (TPSA) is 48.9 Å². The summed E-state index contributed by atoms with van der Waals surface area (Å²) < 4.78 is 5.58. The van der Waals surface area contributed by atoms with Crippen molar-refractivity contribution in [2.24, 2.45) is 5.10 Å². The van der Waals surface area contributed by atoms with Gasteiger partial charge in [-0.1, -0.05) is 49.6 Å². The number of rotatable bonds is 5. The van der Waals surface area contributed by atoms with Crippen LogP contribution in [0.25, 0.3) is 6.08 Å². The molecule has 0 bridgehead atoms. The minimum Gasteiger partial charge on any atom is -0.378 e. The highest BCUT2D eigenvalue weighted by Crippen LogP contribution is 2.34. The monoisotopic (exact) mass is 424 g/mol. The molecule has 1 saturated heterocycles. The van der Waals surface area contributed by atoms with E-state index >= 15 is 0 Å². The molecule has 2 N–H and O–H groups in total.